The summed E-state index contributed by atoms with van der Waals surface area (Å²) in [6.07, 6.45) is 1.78. The van der Waals surface area contributed by atoms with Crippen molar-refractivity contribution in [1.82, 2.24) is 31.1 Å². The third-order valence-corrected chi connectivity index (χ3v) is 10.3. The first kappa shape index (κ1) is 41.6. The number of amides is 6. The number of hydrogen-bond acceptors (Lipinski definition) is 12. The average Bonchev–Trinajstić information content (AvgIpc) is 3.74. The first-order chi connectivity index (χ1) is 23.4. The zero-order valence-corrected chi connectivity index (χ0v) is 29.6. The Bertz CT molecular complexity index is 1180. The Balaban J connectivity index is 2.11. The van der Waals surface area contributed by atoms with Crippen molar-refractivity contribution in [3.8, 4) is 0 Å². The molecule has 0 aromatic rings. The number of likely N-dealkylation sites (tertiary alicyclic amines) is 2. The zero-order valence-electron chi connectivity index (χ0n) is 28.0. The molecule has 2 heterocycles. The van der Waals surface area contributed by atoms with Crippen LogP contribution in [0.4, 0.5) is 0 Å². The number of nitrogens with one attached hydrogen (secondary N) is 4. The lowest BCUT2D eigenvalue weighted by Crippen LogP contribution is -2.58. The molecule has 276 valence electrons. The number of rotatable bonds is 22. The van der Waals surface area contributed by atoms with Crippen LogP contribution in [-0.4, -0.2) is 131 Å². The second-order valence-electron chi connectivity index (χ2n) is 11.7. The zero-order chi connectivity index (χ0) is 36.3. The second-order valence-corrected chi connectivity index (χ2v) is 14.3. The van der Waals surface area contributed by atoms with Gasteiger partial charge in [0.2, 0.25) is 35.4 Å². The number of aliphatic carboxylic acids is 1. The Labute approximate surface area is 293 Å². The van der Waals surface area contributed by atoms with E-state index in [4.69, 9.17) is 5.73 Å². The van der Waals surface area contributed by atoms with E-state index in [1.54, 1.807) is 6.92 Å². The van der Waals surface area contributed by atoms with Crippen LogP contribution in [0.1, 0.15) is 71.6 Å². The molecule has 6 amide bonds. The van der Waals surface area contributed by atoms with Crippen molar-refractivity contribution in [2.24, 2.45) is 5.73 Å². The molecule has 7 N–H and O–H groups in total. The van der Waals surface area contributed by atoms with Gasteiger partial charge in [-0.1, -0.05) is 21.6 Å². The van der Waals surface area contributed by atoms with Crippen LogP contribution in [0.3, 0.4) is 0 Å². The van der Waals surface area contributed by atoms with E-state index in [1.807, 2.05) is 0 Å². The summed E-state index contributed by atoms with van der Waals surface area (Å²) in [6, 6.07) is -4.11. The molecule has 0 aromatic carbocycles. The van der Waals surface area contributed by atoms with Crippen LogP contribution in [0, 0.1) is 0 Å². The Hall–Kier alpha value is -3.58. The first-order valence-electron chi connectivity index (χ1n) is 16.4. The molecule has 0 spiro atoms. The molecular weight excluding hydrogens is 683 g/mol. The minimum atomic E-state index is -1.33. The quantitative estimate of drug-likeness (QED) is 0.0342. The number of nitrogens with zero attached hydrogens (tertiary/aromatic N) is 2. The van der Waals surface area contributed by atoms with Gasteiger partial charge in [0, 0.05) is 45.3 Å². The summed E-state index contributed by atoms with van der Waals surface area (Å²) >= 11 is 0. The summed E-state index contributed by atoms with van der Waals surface area (Å²) in [4.78, 5) is 102. The normalized spacial score (nSPS) is 18.9. The Morgan fingerprint density at radius 3 is 2.18 bits per heavy atom. The smallest absolute Gasteiger partial charge is 0.305 e. The first-order valence-corrected chi connectivity index (χ1v) is 18.9. The van der Waals surface area contributed by atoms with Crippen LogP contribution in [0.2, 0.25) is 0 Å². The highest BCUT2D eigenvalue weighted by atomic mass is 33.1. The molecule has 0 aromatic heterocycles. The SMILES string of the molecule is CCNC(=O)C(CC(=O)O)NC(=O)C1CCCN1C(=O)C(CCCCNC(C)=O)NC(=O)C1CCCN1C(=O)CCSSCC(N)OC=O. The summed E-state index contributed by atoms with van der Waals surface area (Å²) in [5.41, 5.74) is 5.61. The van der Waals surface area contributed by atoms with Gasteiger partial charge in [0.1, 0.15) is 24.2 Å². The average molecular weight is 732 g/mol. The van der Waals surface area contributed by atoms with Crippen LogP contribution in [0.15, 0.2) is 0 Å². The molecule has 0 radical (unpaired) electrons. The third kappa shape index (κ3) is 14.4. The van der Waals surface area contributed by atoms with Crippen LogP contribution < -0.4 is 27.0 Å². The van der Waals surface area contributed by atoms with Gasteiger partial charge in [0.15, 0.2) is 6.23 Å². The highest BCUT2D eigenvalue weighted by Gasteiger charge is 2.41. The molecule has 5 atom stereocenters. The van der Waals surface area contributed by atoms with Gasteiger partial charge in [0.25, 0.3) is 6.47 Å². The molecule has 2 aliphatic rings. The Morgan fingerprint density at radius 2 is 1.57 bits per heavy atom. The molecule has 5 unspecified atom stereocenters. The Kier molecular flexibility index (Phi) is 18.8. The number of hydrogen-bond donors (Lipinski definition) is 6. The number of carboxylic acids is 1. The van der Waals surface area contributed by atoms with Gasteiger partial charge in [-0.15, -0.1) is 0 Å². The molecule has 0 aliphatic carbocycles. The predicted molar refractivity (Wildman–Crippen MR) is 181 cm³/mol. The number of nitrogens with two attached hydrogens (primary N) is 1. The van der Waals surface area contributed by atoms with Crippen LogP contribution >= 0.6 is 21.6 Å². The van der Waals surface area contributed by atoms with Gasteiger partial charge in [-0.2, -0.15) is 0 Å². The fourth-order valence-corrected chi connectivity index (χ4v) is 7.59. The minimum Gasteiger partial charge on any atom is -0.481 e. The Morgan fingerprint density at radius 1 is 0.939 bits per heavy atom. The standard InChI is InChI=1S/C30H49N7O10S2/c1-3-32-27(43)21(16-26(41)42)35-29(45)23-10-7-14-37(23)30(46)20(8-4-5-12-33-19(2)39)34-28(44)22-9-6-13-36(22)25(40)11-15-48-49-17-24(31)47-18-38/h18,20-24H,3-17,31H2,1-2H3,(H,32,43)(H,33,39)(H,34,44)(H,35,45)(H,41,42). The van der Waals surface area contributed by atoms with E-state index in [-0.39, 0.29) is 50.6 Å². The van der Waals surface area contributed by atoms with E-state index >= 15 is 0 Å². The summed E-state index contributed by atoms with van der Waals surface area (Å²) in [5.74, 6) is -3.19. The van der Waals surface area contributed by atoms with Gasteiger partial charge in [0.05, 0.1) is 12.2 Å². The molecule has 2 rings (SSSR count). The summed E-state index contributed by atoms with van der Waals surface area (Å²) in [6.45, 7) is 4.55. The van der Waals surface area contributed by atoms with Crippen LogP contribution in [0.25, 0.3) is 0 Å². The van der Waals surface area contributed by atoms with Gasteiger partial charge in [-0.05, 0) is 51.9 Å². The number of carbonyl (C=O) groups is 8. The third-order valence-electron chi connectivity index (χ3n) is 7.93. The molecule has 49 heavy (non-hydrogen) atoms. The lowest BCUT2D eigenvalue weighted by atomic mass is 10.1. The van der Waals surface area contributed by atoms with E-state index in [9.17, 15) is 43.5 Å². The van der Waals surface area contributed by atoms with Gasteiger partial charge in [-0.25, -0.2) is 0 Å². The van der Waals surface area contributed by atoms with Gasteiger partial charge >= 0.3 is 5.97 Å². The molecule has 19 heteroatoms. The highest BCUT2D eigenvalue weighted by Crippen LogP contribution is 2.25. The lowest BCUT2D eigenvalue weighted by molar-refractivity contribution is -0.144. The molecule has 2 aliphatic heterocycles. The van der Waals surface area contributed by atoms with Gasteiger partial charge in [-0.3, -0.25) is 44.1 Å². The topological polar surface area (TPSA) is 247 Å². The largest absolute Gasteiger partial charge is 0.481 e. The van der Waals surface area contributed by atoms with Crippen LogP contribution in [0.5, 0.6) is 0 Å². The van der Waals surface area contributed by atoms with Crippen molar-refractivity contribution in [2.75, 3.05) is 37.7 Å². The lowest BCUT2D eigenvalue weighted by Gasteiger charge is -2.31. The molecule has 2 fully saturated rings. The van der Waals surface area contributed by atoms with Crippen molar-refractivity contribution < 1.29 is 48.2 Å². The van der Waals surface area contributed by atoms with E-state index in [2.05, 4.69) is 26.0 Å². The monoisotopic (exact) mass is 731 g/mol. The molecular formula is C30H49N7O10S2. The fraction of sp³-hybridized carbons (Fsp3) is 0.733. The number of ether oxygens (including phenoxy) is 1. The molecule has 17 nitrogen and oxygen atoms in total. The van der Waals surface area contributed by atoms with Crippen LogP contribution in [-0.2, 0) is 43.1 Å². The summed E-state index contributed by atoms with van der Waals surface area (Å²) in [7, 11) is 2.75. The fourth-order valence-electron chi connectivity index (χ4n) is 5.61. The van der Waals surface area contributed by atoms with Crippen molar-refractivity contribution in [2.45, 2.75) is 102 Å². The van der Waals surface area contributed by atoms with Crippen molar-refractivity contribution in [3.63, 3.8) is 0 Å². The molecule has 0 saturated carbocycles. The van der Waals surface area contributed by atoms with Crippen molar-refractivity contribution in [1.29, 1.82) is 0 Å². The number of likely N-dealkylation sites (N-methyl/N-ethyl adjacent to an activating group) is 1. The predicted octanol–water partition coefficient (Wildman–Crippen LogP) is -0.915. The van der Waals surface area contributed by atoms with E-state index in [0.717, 1.165) is 0 Å². The van der Waals surface area contributed by atoms with E-state index in [1.165, 1.54) is 38.3 Å². The maximum absolute atomic E-state index is 14.0. The minimum absolute atomic E-state index is 0.167. The number of carboxylic acid groups (broad SMARTS) is 1. The maximum Gasteiger partial charge on any atom is 0.305 e. The number of carbonyl (C=O) groups excluding carboxylic acids is 7. The highest BCUT2D eigenvalue weighted by molar-refractivity contribution is 8.76. The van der Waals surface area contributed by atoms with E-state index < -0.39 is 66.4 Å². The number of unbranched alkanes of at least 4 members (excludes halogenated alkanes) is 1. The second kappa shape index (κ2) is 22.2. The van der Waals surface area contributed by atoms with Crippen molar-refractivity contribution >= 4 is 69.5 Å². The molecule has 0 bridgehead atoms. The maximum atomic E-state index is 14.0. The summed E-state index contributed by atoms with van der Waals surface area (Å²) in [5, 5.41) is 19.8. The van der Waals surface area contributed by atoms with Crippen molar-refractivity contribution in [3.05, 3.63) is 0 Å². The van der Waals surface area contributed by atoms with E-state index in [0.29, 0.717) is 56.7 Å². The summed E-state index contributed by atoms with van der Waals surface area (Å²) < 4.78 is 4.63. The van der Waals surface area contributed by atoms with Gasteiger partial charge < -0.3 is 40.9 Å². The molecule has 2 saturated heterocycles.